The van der Waals surface area contributed by atoms with E-state index in [4.69, 9.17) is 0 Å². The van der Waals surface area contributed by atoms with Gasteiger partial charge in [0.15, 0.2) is 12.1 Å². The minimum atomic E-state index is -4.39. The van der Waals surface area contributed by atoms with Crippen molar-refractivity contribution in [3.63, 3.8) is 0 Å². The molecule has 1 N–H and O–H groups in total. The number of halogens is 3. The summed E-state index contributed by atoms with van der Waals surface area (Å²) < 4.78 is 36.9. The van der Waals surface area contributed by atoms with E-state index in [0.717, 1.165) is 12.1 Å². The number of carbonyl (C=O) groups excluding carboxylic acids is 1. The van der Waals surface area contributed by atoms with Crippen LogP contribution in [0.4, 0.5) is 13.2 Å². The van der Waals surface area contributed by atoms with Crippen LogP contribution in [-0.2, 0) is 6.18 Å². The Morgan fingerprint density at radius 3 is 2.67 bits per heavy atom. The van der Waals surface area contributed by atoms with Gasteiger partial charge in [0.2, 0.25) is 0 Å². The molecule has 0 saturated carbocycles. The summed E-state index contributed by atoms with van der Waals surface area (Å²) in [6.07, 6.45) is -3.94. The summed E-state index contributed by atoms with van der Waals surface area (Å²) >= 11 is 0. The number of nitrogens with one attached hydrogen (secondary N) is 1. The van der Waals surface area contributed by atoms with Crippen LogP contribution in [-0.4, -0.2) is 16.3 Å². The van der Waals surface area contributed by atoms with Gasteiger partial charge in [0.25, 0.3) is 0 Å². The summed E-state index contributed by atoms with van der Waals surface area (Å²) in [7, 11) is 0. The fourth-order valence-electron chi connectivity index (χ4n) is 1.26. The number of alkyl halides is 3. The third kappa shape index (κ3) is 1.70. The number of rotatable bonds is 1. The lowest BCUT2D eigenvalue weighted by atomic mass is 10.2. The highest BCUT2D eigenvalue weighted by Gasteiger charge is 2.30. The summed E-state index contributed by atoms with van der Waals surface area (Å²) in [5.74, 6) is 0.0179. The van der Waals surface area contributed by atoms with Gasteiger partial charge in [-0.05, 0) is 18.2 Å². The van der Waals surface area contributed by atoms with Crippen LogP contribution < -0.4 is 0 Å². The molecule has 2 aromatic rings. The van der Waals surface area contributed by atoms with Crippen molar-refractivity contribution in [3.8, 4) is 0 Å². The lowest BCUT2D eigenvalue weighted by Gasteiger charge is -2.04. The first-order valence-corrected chi connectivity index (χ1v) is 4.03. The normalized spacial score (nSPS) is 11.9. The van der Waals surface area contributed by atoms with Crippen molar-refractivity contribution in [3.05, 3.63) is 29.6 Å². The number of H-pyrrole nitrogens is 1. The van der Waals surface area contributed by atoms with E-state index in [1.54, 1.807) is 0 Å². The van der Waals surface area contributed by atoms with Gasteiger partial charge in [0.1, 0.15) is 0 Å². The molecule has 0 bridgehead atoms. The van der Waals surface area contributed by atoms with E-state index in [1.807, 2.05) is 0 Å². The molecule has 15 heavy (non-hydrogen) atoms. The highest BCUT2D eigenvalue weighted by Crippen LogP contribution is 2.30. The number of fused-ring (bicyclic) bond motifs is 1. The van der Waals surface area contributed by atoms with Crippen molar-refractivity contribution in [2.75, 3.05) is 0 Å². The second-order valence-corrected chi connectivity index (χ2v) is 2.97. The van der Waals surface area contributed by atoms with Gasteiger partial charge in [0, 0.05) is 0 Å². The maximum atomic E-state index is 12.3. The number of nitrogens with zero attached hydrogens (tertiary/aromatic N) is 1. The van der Waals surface area contributed by atoms with E-state index in [0.29, 0.717) is 11.8 Å². The second-order valence-electron chi connectivity index (χ2n) is 2.97. The van der Waals surface area contributed by atoms with Gasteiger partial charge in [-0.2, -0.15) is 13.2 Å². The Labute approximate surface area is 81.9 Å². The molecular formula is C9H5F3N2O. The Morgan fingerprint density at radius 1 is 1.33 bits per heavy atom. The van der Waals surface area contributed by atoms with E-state index < -0.39 is 11.7 Å². The molecule has 1 aromatic heterocycles. The molecule has 0 radical (unpaired) electrons. The van der Waals surface area contributed by atoms with E-state index in [2.05, 4.69) is 9.97 Å². The van der Waals surface area contributed by atoms with Gasteiger partial charge >= 0.3 is 6.18 Å². The molecule has 0 aliphatic carbocycles. The summed E-state index contributed by atoms with van der Waals surface area (Å²) in [4.78, 5) is 16.6. The zero-order valence-electron chi connectivity index (χ0n) is 7.30. The smallest absolute Gasteiger partial charge is 0.336 e. The predicted octanol–water partition coefficient (Wildman–Crippen LogP) is 2.39. The molecule has 0 fully saturated rings. The van der Waals surface area contributed by atoms with Crippen LogP contribution in [0.15, 0.2) is 18.2 Å². The largest absolute Gasteiger partial charge is 0.416 e. The van der Waals surface area contributed by atoms with E-state index in [9.17, 15) is 18.0 Å². The van der Waals surface area contributed by atoms with Crippen LogP contribution in [0, 0.1) is 0 Å². The van der Waals surface area contributed by atoms with Gasteiger partial charge in [-0.1, -0.05) is 0 Å². The van der Waals surface area contributed by atoms with Gasteiger partial charge in [-0.15, -0.1) is 0 Å². The number of imidazole rings is 1. The monoisotopic (exact) mass is 214 g/mol. The van der Waals surface area contributed by atoms with E-state index >= 15 is 0 Å². The third-order valence-corrected chi connectivity index (χ3v) is 1.94. The Kier molecular flexibility index (Phi) is 1.99. The van der Waals surface area contributed by atoms with Crippen LogP contribution >= 0.6 is 0 Å². The zero-order chi connectivity index (χ0) is 11.1. The average molecular weight is 214 g/mol. The molecule has 0 atom stereocenters. The molecule has 6 heteroatoms. The number of aldehydes is 1. The van der Waals surface area contributed by atoms with Gasteiger partial charge in [0.05, 0.1) is 16.6 Å². The van der Waals surface area contributed by atoms with Crippen molar-refractivity contribution in [1.82, 2.24) is 9.97 Å². The van der Waals surface area contributed by atoms with Crippen LogP contribution in [0.5, 0.6) is 0 Å². The van der Waals surface area contributed by atoms with Gasteiger partial charge in [-0.3, -0.25) is 4.79 Å². The molecule has 0 unspecified atom stereocenters. The number of hydrogen-bond acceptors (Lipinski definition) is 2. The molecular weight excluding hydrogens is 209 g/mol. The molecule has 0 saturated heterocycles. The molecule has 1 heterocycles. The van der Waals surface area contributed by atoms with Crippen LogP contribution in [0.2, 0.25) is 0 Å². The Hall–Kier alpha value is -1.85. The minimum Gasteiger partial charge on any atom is -0.336 e. The molecule has 78 valence electrons. The van der Waals surface area contributed by atoms with E-state index in [-0.39, 0.29) is 11.3 Å². The number of hydrogen-bond donors (Lipinski definition) is 1. The number of aromatic amines is 1. The quantitative estimate of drug-likeness (QED) is 0.741. The predicted molar refractivity (Wildman–Crippen MR) is 46.5 cm³/mol. The van der Waals surface area contributed by atoms with Crippen molar-refractivity contribution < 1.29 is 18.0 Å². The summed E-state index contributed by atoms with van der Waals surface area (Å²) in [5.41, 5.74) is -0.229. The third-order valence-electron chi connectivity index (χ3n) is 1.94. The zero-order valence-corrected chi connectivity index (χ0v) is 7.30. The standard InChI is InChI=1S/C9H5F3N2O/c10-9(11,12)5-1-2-6-7(3-5)14-8(4-15)13-6/h1-4H,(H,13,14). The summed E-state index contributed by atoms with van der Waals surface area (Å²) in [6, 6.07) is 3.08. The average Bonchev–Trinajstić information content (AvgIpc) is 2.57. The number of aromatic nitrogens is 2. The molecule has 0 aliphatic rings. The van der Waals surface area contributed by atoms with Crippen LogP contribution in [0.1, 0.15) is 16.2 Å². The van der Waals surface area contributed by atoms with Crippen molar-refractivity contribution in [2.24, 2.45) is 0 Å². The lowest BCUT2D eigenvalue weighted by molar-refractivity contribution is -0.137. The molecule has 2 rings (SSSR count). The van der Waals surface area contributed by atoms with Crippen molar-refractivity contribution >= 4 is 17.3 Å². The van der Waals surface area contributed by atoms with Gasteiger partial charge in [-0.25, -0.2) is 4.98 Å². The summed E-state index contributed by atoms with van der Waals surface area (Å²) in [5, 5.41) is 0. The Balaban J connectivity index is 2.60. The second kappa shape index (κ2) is 3.08. The first-order chi connectivity index (χ1) is 7.00. The molecule has 0 amide bonds. The maximum Gasteiger partial charge on any atom is 0.416 e. The number of carbonyl (C=O) groups is 1. The molecule has 1 aromatic carbocycles. The first-order valence-electron chi connectivity index (χ1n) is 4.03. The number of benzene rings is 1. The molecule has 3 nitrogen and oxygen atoms in total. The highest BCUT2D eigenvalue weighted by molar-refractivity contribution is 5.82. The van der Waals surface area contributed by atoms with Crippen molar-refractivity contribution in [2.45, 2.75) is 6.18 Å². The Morgan fingerprint density at radius 2 is 2.07 bits per heavy atom. The minimum absolute atomic E-state index is 0.0179. The highest BCUT2D eigenvalue weighted by atomic mass is 19.4. The van der Waals surface area contributed by atoms with Crippen LogP contribution in [0.3, 0.4) is 0 Å². The van der Waals surface area contributed by atoms with Crippen molar-refractivity contribution in [1.29, 1.82) is 0 Å². The molecule has 0 spiro atoms. The topological polar surface area (TPSA) is 45.8 Å². The Bertz CT molecular complexity index is 516. The summed E-state index contributed by atoms with van der Waals surface area (Å²) in [6.45, 7) is 0. The fraction of sp³-hybridized carbons (Fsp3) is 0.111. The van der Waals surface area contributed by atoms with Gasteiger partial charge < -0.3 is 4.98 Å². The molecule has 0 aliphatic heterocycles. The van der Waals surface area contributed by atoms with Crippen LogP contribution in [0.25, 0.3) is 11.0 Å². The lowest BCUT2D eigenvalue weighted by Crippen LogP contribution is -2.04. The fourth-order valence-corrected chi connectivity index (χ4v) is 1.26. The SMILES string of the molecule is O=Cc1nc2ccc(C(F)(F)F)cc2[nH]1. The van der Waals surface area contributed by atoms with E-state index in [1.165, 1.54) is 6.07 Å². The first kappa shape index (κ1) is 9.70. The maximum absolute atomic E-state index is 12.3.